The van der Waals surface area contributed by atoms with Crippen molar-refractivity contribution in [2.75, 3.05) is 6.26 Å². The monoisotopic (exact) mass is 277 g/mol. The van der Waals surface area contributed by atoms with Crippen molar-refractivity contribution in [2.45, 2.75) is 17.9 Å². The summed E-state index contributed by atoms with van der Waals surface area (Å²) >= 11 is 1.66. The zero-order valence-corrected chi connectivity index (χ0v) is 11.7. The Hall–Kier alpha value is -1.52. The Kier molecular flexibility index (Phi) is 4.45. The van der Waals surface area contributed by atoms with Crippen molar-refractivity contribution in [1.29, 1.82) is 0 Å². The molecule has 0 saturated heterocycles. The van der Waals surface area contributed by atoms with E-state index in [1.165, 1.54) is 6.07 Å². The summed E-state index contributed by atoms with van der Waals surface area (Å²) in [4.78, 5) is 1.15. The van der Waals surface area contributed by atoms with Gasteiger partial charge in [-0.1, -0.05) is 6.07 Å². The summed E-state index contributed by atoms with van der Waals surface area (Å²) in [6.07, 6.45) is 2.01. The molecular weight excluding hydrogens is 261 g/mol. The van der Waals surface area contributed by atoms with E-state index < -0.39 is 6.04 Å². The Balaban J connectivity index is 2.29. The Labute approximate surface area is 116 Å². The molecule has 0 aliphatic carbocycles. The number of rotatable bonds is 4. The lowest BCUT2D eigenvalue weighted by molar-refractivity contribution is 0.460. The second kappa shape index (κ2) is 6.08. The van der Waals surface area contributed by atoms with Crippen molar-refractivity contribution >= 4 is 11.8 Å². The van der Waals surface area contributed by atoms with Gasteiger partial charge in [0.2, 0.25) is 0 Å². The summed E-state index contributed by atoms with van der Waals surface area (Å²) in [5.41, 5.74) is 6.19. The fourth-order valence-electron chi connectivity index (χ4n) is 1.82. The molecule has 1 atom stereocenters. The standard InChI is InChI=1S/C15H16FNOS/c1-10(17)15-13(16)4-3-5-14(15)18-11-6-8-12(19-2)9-7-11/h3-10H,17H2,1-2H3. The van der Waals surface area contributed by atoms with Gasteiger partial charge in [-0.15, -0.1) is 11.8 Å². The van der Waals surface area contributed by atoms with Crippen LogP contribution in [0.5, 0.6) is 11.5 Å². The minimum absolute atomic E-state index is 0.340. The first-order valence-corrected chi connectivity index (χ1v) is 7.20. The van der Waals surface area contributed by atoms with Gasteiger partial charge in [0, 0.05) is 16.5 Å². The number of halogens is 1. The molecule has 0 amide bonds. The van der Waals surface area contributed by atoms with E-state index in [9.17, 15) is 4.39 Å². The van der Waals surface area contributed by atoms with Crippen LogP contribution in [0.25, 0.3) is 0 Å². The van der Waals surface area contributed by atoms with Crippen LogP contribution in [0.15, 0.2) is 47.4 Å². The average molecular weight is 277 g/mol. The van der Waals surface area contributed by atoms with Crippen LogP contribution in [0.1, 0.15) is 18.5 Å². The van der Waals surface area contributed by atoms with Crippen LogP contribution >= 0.6 is 11.8 Å². The van der Waals surface area contributed by atoms with Crippen LogP contribution < -0.4 is 10.5 Å². The van der Waals surface area contributed by atoms with E-state index >= 15 is 0 Å². The van der Waals surface area contributed by atoms with Gasteiger partial charge in [0.25, 0.3) is 0 Å². The third-order valence-corrected chi connectivity index (χ3v) is 3.50. The molecular formula is C15H16FNOS. The van der Waals surface area contributed by atoms with Gasteiger partial charge in [-0.2, -0.15) is 0 Å². The molecule has 0 aliphatic heterocycles. The lowest BCUT2D eigenvalue weighted by Gasteiger charge is -2.14. The number of hydrogen-bond acceptors (Lipinski definition) is 3. The molecule has 1 unspecified atom stereocenters. The highest BCUT2D eigenvalue weighted by Crippen LogP contribution is 2.31. The van der Waals surface area contributed by atoms with E-state index in [2.05, 4.69) is 0 Å². The summed E-state index contributed by atoms with van der Waals surface area (Å²) in [6.45, 7) is 1.74. The maximum Gasteiger partial charge on any atom is 0.135 e. The highest BCUT2D eigenvalue weighted by atomic mass is 32.2. The smallest absolute Gasteiger partial charge is 0.135 e. The predicted octanol–water partition coefficient (Wildman–Crippen LogP) is 4.36. The maximum atomic E-state index is 13.8. The molecule has 0 aliphatic rings. The number of nitrogens with two attached hydrogens (primary N) is 1. The van der Waals surface area contributed by atoms with Crippen LogP contribution in [-0.2, 0) is 0 Å². The second-order valence-corrected chi connectivity index (χ2v) is 5.10. The second-order valence-electron chi connectivity index (χ2n) is 4.22. The van der Waals surface area contributed by atoms with Crippen molar-refractivity contribution in [2.24, 2.45) is 5.73 Å². The van der Waals surface area contributed by atoms with E-state index in [0.717, 1.165) is 4.90 Å². The van der Waals surface area contributed by atoms with E-state index in [1.54, 1.807) is 30.8 Å². The van der Waals surface area contributed by atoms with Gasteiger partial charge in [-0.25, -0.2) is 4.39 Å². The van der Waals surface area contributed by atoms with Gasteiger partial charge in [-0.05, 0) is 49.6 Å². The fraction of sp³-hybridized carbons (Fsp3) is 0.200. The number of benzene rings is 2. The number of thioether (sulfide) groups is 1. The maximum absolute atomic E-state index is 13.8. The van der Waals surface area contributed by atoms with Crippen LogP contribution in [-0.4, -0.2) is 6.26 Å². The van der Waals surface area contributed by atoms with Crippen molar-refractivity contribution < 1.29 is 9.13 Å². The number of ether oxygens (including phenoxy) is 1. The molecule has 0 radical (unpaired) electrons. The summed E-state index contributed by atoms with van der Waals surface area (Å²) in [5, 5.41) is 0. The molecule has 2 nitrogen and oxygen atoms in total. The molecule has 2 aromatic rings. The van der Waals surface area contributed by atoms with Gasteiger partial charge in [0.05, 0.1) is 0 Å². The van der Waals surface area contributed by atoms with Crippen LogP contribution in [0, 0.1) is 5.82 Å². The average Bonchev–Trinajstić information content (AvgIpc) is 2.39. The highest BCUT2D eigenvalue weighted by molar-refractivity contribution is 7.98. The quantitative estimate of drug-likeness (QED) is 0.843. The van der Waals surface area contributed by atoms with Crippen LogP contribution in [0.4, 0.5) is 4.39 Å². The zero-order valence-electron chi connectivity index (χ0n) is 10.9. The Bertz CT molecular complexity index is 555. The lowest BCUT2D eigenvalue weighted by Crippen LogP contribution is -2.09. The topological polar surface area (TPSA) is 35.2 Å². The third-order valence-electron chi connectivity index (χ3n) is 2.76. The van der Waals surface area contributed by atoms with E-state index in [0.29, 0.717) is 17.1 Å². The highest BCUT2D eigenvalue weighted by Gasteiger charge is 2.14. The lowest BCUT2D eigenvalue weighted by atomic mass is 10.1. The van der Waals surface area contributed by atoms with Crippen molar-refractivity contribution in [3.05, 3.63) is 53.8 Å². The Morgan fingerprint density at radius 3 is 2.42 bits per heavy atom. The molecule has 100 valence electrons. The summed E-state index contributed by atoms with van der Waals surface area (Å²) in [6, 6.07) is 12.0. The van der Waals surface area contributed by atoms with E-state index in [4.69, 9.17) is 10.5 Å². The van der Waals surface area contributed by atoms with Gasteiger partial charge in [0.1, 0.15) is 17.3 Å². The molecule has 4 heteroatoms. The van der Waals surface area contributed by atoms with Gasteiger partial charge < -0.3 is 10.5 Å². The molecule has 2 aromatic carbocycles. The minimum Gasteiger partial charge on any atom is -0.457 e. The van der Waals surface area contributed by atoms with Gasteiger partial charge >= 0.3 is 0 Å². The molecule has 0 spiro atoms. The largest absolute Gasteiger partial charge is 0.457 e. The summed E-state index contributed by atoms with van der Waals surface area (Å²) in [5.74, 6) is 0.797. The minimum atomic E-state index is -0.415. The molecule has 0 aromatic heterocycles. The normalized spacial score (nSPS) is 12.2. The zero-order chi connectivity index (χ0) is 13.8. The number of hydrogen-bond donors (Lipinski definition) is 1. The molecule has 2 N–H and O–H groups in total. The summed E-state index contributed by atoms with van der Waals surface area (Å²) < 4.78 is 19.5. The van der Waals surface area contributed by atoms with Gasteiger partial charge in [-0.3, -0.25) is 0 Å². The predicted molar refractivity (Wildman–Crippen MR) is 77.3 cm³/mol. The first kappa shape index (κ1) is 13.9. The first-order chi connectivity index (χ1) is 9.11. The summed E-state index contributed by atoms with van der Waals surface area (Å²) in [7, 11) is 0. The van der Waals surface area contributed by atoms with Crippen LogP contribution in [0.3, 0.4) is 0 Å². The molecule has 19 heavy (non-hydrogen) atoms. The molecule has 0 bridgehead atoms. The van der Waals surface area contributed by atoms with E-state index in [1.807, 2.05) is 30.5 Å². The Morgan fingerprint density at radius 1 is 1.16 bits per heavy atom. The van der Waals surface area contributed by atoms with Crippen molar-refractivity contribution in [1.82, 2.24) is 0 Å². The van der Waals surface area contributed by atoms with Crippen molar-refractivity contribution in [3.63, 3.8) is 0 Å². The van der Waals surface area contributed by atoms with Crippen LogP contribution in [0.2, 0.25) is 0 Å². The molecule has 2 rings (SSSR count). The molecule has 0 fully saturated rings. The fourth-order valence-corrected chi connectivity index (χ4v) is 2.23. The van der Waals surface area contributed by atoms with Gasteiger partial charge in [0.15, 0.2) is 0 Å². The Morgan fingerprint density at radius 2 is 1.84 bits per heavy atom. The first-order valence-electron chi connectivity index (χ1n) is 5.97. The molecule has 0 heterocycles. The molecule has 0 saturated carbocycles. The SMILES string of the molecule is CSc1ccc(Oc2cccc(F)c2C(C)N)cc1. The van der Waals surface area contributed by atoms with Crippen molar-refractivity contribution in [3.8, 4) is 11.5 Å². The van der Waals surface area contributed by atoms with E-state index in [-0.39, 0.29) is 5.82 Å². The third kappa shape index (κ3) is 3.28.